The van der Waals surface area contributed by atoms with Gasteiger partial charge in [0, 0.05) is 37.9 Å². The number of sulfonamides is 1. The van der Waals surface area contributed by atoms with Crippen LogP contribution in [0.5, 0.6) is 11.6 Å². The van der Waals surface area contributed by atoms with Gasteiger partial charge in [-0.1, -0.05) is 82.2 Å². The van der Waals surface area contributed by atoms with Crippen molar-refractivity contribution in [1.29, 1.82) is 0 Å². The second kappa shape index (κ2) is 20.2. The molecule has 14 nitrogen and oxygen atoms in total. The Kier molecular flexibility index (Phi) is 14.7. The van der Waals surface area contributed by atoms with Gasteiger partial charge in [-0.2, -0.15) is 0 Å². The minimum absolute atomic E-state index is 0.0185. The molecule has 2 aliphatic heterocycles. The van der Waals surface area contributed by atoms with E-state index in [2.05, 4.69) is 28.3 Å². The van der Waals surface area contributed by atoms with E-state index in [1.54, 1.807) is 13.0 Å². The number of hydrogen-bond acceptors (Lipinski definition) is 12. The average molecular weight is 955 g/mol. The predicted molar refractivity (Wildman–Crippen MR) is 258 cm³/mol. The predicted octanol–water partition coefficient (Wildman–Crippen LogP) is 7.10. The molecule has 0 radical (unpaired) electrons. The molecule has 3 aromatic rings. The lowest BCUT2D eigenvalue weighted by Gasteiger charge is -2.34. The molecule has 4 fully saturated rings. The van der Waals surface area contributed by atoms with E-state index in [0.29, 0.717) is 69.1 Å². The van der Waals surface area contributed by atoms with Crippen molar-refractivity contribution < 1.29 is 46.9 Å². The molecule has 2 N–H and O–H groups in total. The number of aliphatic hydroxyl groups is 1. The van der Waals surface area contributed by atoms with E-state index in [-0.39, 0.29) is 62.5 Å². The van der Waals surface area contributed by atoms with Gasteiger partial charge in [-0.25, -0.2) is 13.4 Å². The van der Waals surface area contributed by atoms with Crippen molar-refractivity contribution in [2.45, 2.75) is 141 Å². The second-order valence-corrected chi connectivity index (χ2v) is 23.6. The molecule has 3 saturated carbocycles. The highest BCUT2D eigenvalue weighted by Gasteiger charge is 2.62. The number of Topliss-reactive ketones (excluding diaryl/α,β-unsaturated/α-hetero) is 1. The van der Waals surface area contributed by atoms with E-state index in [1.807, 2.05) is 63.2 Å². The number of hydrogen-bond donors (Lipinski definition) is 2. The van der Waals surface area contributed by atoms with Crippen LogP contribution in [0.4, 0.5) is 0 Å². The molecule has 3 aliphatic carbocycles. The van der Waals surface area contributed by atoms with Crippen LogP contribution in [0.2, 0.25) is 0 Å². The highest BCUT2D eigenvalue weighted by Crippen LogP contribution is 2.57. The SMILES string of the molecule is C=C[C@@H]1C[C@]1(CC(=O)[C@@H]1C[C@@H]2CN1C(=O)[C@H](C(C)(C)C)CC(=O)O[C@@H]1C[C@H]1CCCCCc1c(nc3ccccc3c1OCCCN(CCO)Cc1ccccc1)O2)C(=O)NS(=O)(=O)C1(C)CC1. The normalized spacial score (nSPS) is 27.2. The molecule has 368 valence electrons. The van der Waals surface area contributed by atoms with Gasteiger partial charge in [-0.15, -0.1) is 6.58 Å². The maximum Gasteiger partial charge on any atom is 0.306 e. The summed E-state index contributed by atoms with van der Waals surface area (Å²) >= 11 is 0. The van der Waals surface area contributed by atoms with Crippen molar-refractivity contribution in [1.82, 2.24) is 19.5 Å². The summed E-state index contributed by atoms with van der Waals surface area (Å²) in [5.74, 6) is -1.88. The third-order valence-electron chi connectivity index (χ3n) is 15.2. The zero-order valence-corrected chi connectivity index (χ0v) is 41.1. The van der Waals surface area contributed by atoms with Gasteiger partial charge in [0.05, 0.1) is 59.4 Å². The Labute approximate surface area is 401 Å². The summed E-state index contributed by atoms with van der Waals surface area (Å²) < 4.78 is 47.4. The molecular formula is C53H70N4O10S. The number of nitrogens with one attached hydrogen (secondary N) is 1. The first-order valence-corrected chi connectivity index (χ1v) is 26.2. The number of aliphatic hydroxyl groups excluding tert-OH is 1. The van der Waals surface area contributed by atoms with Crippen LogP contribution in [0.3, 0.4) is 0 Å². The quantitative estimate of drug-likeness (QED) is 0.0846. The monoisotopic (exact) mass is 954 g/mol. The Morgan fingerprint density at radius 1 is 1.03 bits per heavy atom. The molecule has 0 spiro atoms. The molecule has 68 heavy (non-hydrogen) atoms. The fourth-order valence-electron chi connectivity index (χ4n) is 10.3. The highest BCUT2D eigenvalue weighted by atomic mass is 32.2. The number of ether oxygens (including phenoxy) is 3. The molecule has 5 aliphatic rings. The van der Waals surface area contributed by atoms with Gasteiger partial charge >= 0.3 is 5.97 Å². The number of benzene rings is 2. The maximum absolute atomic E-state index is 15.0. The van der Waals surface area contributed by atoms with Crippen molar-refractivity contribution in [3.05, 3.63) is 78.4 Å². The standard InChI is InChI=1S/C53H70N4O10S/c1-6-37-31-53(37,50(62)55-68(63,64)52(5)22-23-52)32-44(59)43-29-38-34-57(43)49(61)41(51(2,3)4)30-46(60)67-45-28-36(45)18-11-8-12-20-40-47(39-19-13-14-21-42(39)54-48(40)66-38)65-27-15-24-56(25-26-58)33-35-16-9-7-10-17-35/h6-7,9-10,13-14,16-17,19,21,36-38,41,43,45,58H,1,8,11-12,15,18,20,22-34H2,2-5H3,(H,55,62)/t36-,37-,38-,41-,43+,45-,53-/m1/s1. The van der Waals surface area contributed by atoms with Gasteiger partial charge in [0.25, 0.3) is 0 Å². The first-order chi connectivity index (χ1) is 32.4. The number of nitrogens with zero attached hydrogens (tertiary/aromatic N) is 3. The van der Waals surface area contributed by atoms with Gasteiger partial charge in [0.1, 0.15) is 18.0 Å². The van der Waals surface area contributed by atoms with E-state index in [1.165, 1.54) is 10.5 Å². The van der Waals surface area contributed by atoms with E-state index in [9.17, 15) is 27.9 Å². The molecule has 7 atom stereocenters. The molecule has 1 saturated heterocycles. The molecule has 15 heteroatoms. The molecule has 2 bridgehead atoms. The number of rotatable bonds is 16. The van der Waals surface area contributed by atoms with Gasteiger partial charge in [-0.05, 0) is 93.2 Å². The summed E-state index contributed by atoms with van der Waals surface area (Å²) in [7, 11) is -3.98. The smallest absolute Gasteiger partial charge is 0.306 e. The number of pyridine rings is 1. The number of amides is 2. The zero-order valence-electron chi connectivity index (χ0n) is 40.3. The lowest BCUT2D eigenvalue weighted by Crippen LogP contribution is -2.49. The number of allylic oxidation sites excluding steroid dienone is 1. The molecule has 3 heterocycles. The number of carbonyl (C=O) groups excluding carboxylic acids is 4. The van der Waals surface area contributed by atoms with Crippen LogP contribution in [-0.4, -0.2) is 108 Å². The van der Waals surface area contributed by atoms with E-state index in [0.717, 1.165) is 43.1 Å². The minimum Gasteiger partial charge on any atom is -0.492 e. The lowest BCUT2D eigenvalue weighted by atomic mass is 9.77. The summed E-state index contributed by atoms with van der Waals surface area (Å²) in [5.41, 5.74) is 0.625. The van der Waals surface area contributed by atoms with Gasteiger partial charge < -0.3 is 24.2 Å². The molecule has 2 amide bonds. The Hall–Kier alpha value is -4.86. The fraction of sp³-hybridized carbons (Fsp3) is 0.604. The Balaban J connectivity index is 1.10. The number of ketones is 1. The molecule has 1 aromatic heterocycles. The van der Waals surface area contributed by atoms with Crippen molar-refractivity contribution in [3.8, 4) is 11.6 Å². The summed E-state index contributed by atoms with van der Waals surface area (Å²) in [4.78, 5) is 66.2. The summed E-state index contributed by atoms with van der Waals surface area (Å²) in [5, 5.41) is 10.7. The van der Waals surface area contributed by atoms with E-state index < -0.39 is 61.5 Å². The minimum atomic E-state index is -3.98. The number of aromatic nitrogens is 1. The Bertz CT molecular complexity index is 2470. The average Bonchev–Trinajstić information content (AvgIpc) is 4.26. The van der Waals surface area contributed by atoms with Gasteiger partial charge in [-0.3, -0.25) is 28.8 Å². The maximum atomic E-state index is 15.0. The van der Waals surface area contributed by atoms with Crippen molar-refractivity contribution >= 4 is 44.5 Å². The molecular weight excluding hydrogens is 885 g/mol. The third kappa shape index (κ3) is 11.1. The first-order valence-electron chi connectivity index (χ1n) is 24.8. The van der Waals surface area contributed by atoms with Crippen LogP contribution < -0.4 is 14.2 Å². The number of esters is 1. The van der Waals surface area contributed by atoms with E-state index in [4.69, 9.17) is 19.2 Å². The van der Waals surface area contributed by atoms with Gasteiger partial charge in [0.15, 0.2) is 5.78 Å². The number of para-hydroxylation sites is 1. The van der Waals surface area contributed by atoms with Crippen LogP contribution in [0.25, 0.3) is 10.9 Å². The fourth-order valence-corrected chi connectivity index (χ4v) is 11.6. The third-order valence-corrected chi connectivity index (χ3v) is 17.3. The van der Waals surface area contributed by atoms with Crippen LogP contribution in [0.15, 0.2) is 67.3 Å². The Morgan fingerprint density at radius 2 is 1.78 bits per heavy atom. The number of carbonyl (C=O) groups is 4. The zero-order chi connectivity index (χ0) is 48.4. The lowest BCUT2D eigenvalue weighted by molar-refractivity contribution is -0.154. The topological polar surface area (TPSA) is 182 Å². The van der Waals surface area contributed by atoms with Crippen LogP contribution in [0, 0.1) is 28.6 Å². The molecule has 2 aromatic carbocycles. The summed E-state index contributed by atoms with van der Waals surface area (Å²) in [6.45, 7) is 13.6. The van der Waals surface area contributed by atoms with Gasteiger partial charge in [0.2, 0.25) is 27.7 Å². The second-order valence-electron chi connectivity index (χ2n) is 21.4. The van der Waals surface area contributed by atoms with Crippen LogP contribution >= 0.6 is 0 Å². The van der Waals surface area contributed by atoms with Crippen molar-refractivity contribution in [2.75, 3.05) is 32.8 Å². The van der Waals surface area contributed by atoms with E-state index >= 15 is 4.79 Å². The van der Waals surface area contributed by atoms with Crippen molar-refractivity contribution in [2.24, 2.45) is 28.6 Å². The Morgan fingerprint density at radius 3 is 2.49 bits per heavy atom. The summed E-state index contributed by atoms with van der Waals surface area (Å²) in [6, 6.07) is 16.9. The molecule has 0 unspecified atom stereocenters. The summed E-state index contributed by atoms with van der Waals surface area (Å²) in [6.07, 6.45) is 7.18. The van der Waals surface area contributed by atoms with Crippen molar-refractivity contribution in [3.63, 3.8) is 0 Å². The van der Waals surface area contributed by atoms with Crippen LogP contribution in [0.1, 0.15) is 116 Å². The van der Waals surface area contributed by atoms with Crippen LogP contribution in [-0.2, 0) is 46.9 Å². The first kappa shape index (κ1) is 49.6. The largest absolute Gasteiger partial charge is 0.492 e. The number of fused-ring (bicyclic) bond motifs is 5. The highest BCUT2D eigenvalue weighted by molar-refractivity contribution is 7.91. The molecule has 8 rings (SSSR count).